The quantitative estimate of drug-likeness (QED) is 0.229. The van der Waals surface area contributed by atoms with Gasteiger partial charge in [-0.1, -0.05) is 91.0 Å². The Morgan fingerprint density at radius 2 is 1.46 bits per heavy atom. The summed E-state index contributed by atoms with van der Waals surface area (Å²) in [5, 5.41) is 19.9. The van der Waals surface area contributed by atoms with Crippen LogP contribution in [-0.2, 0) is 17.9 Å². The minimum atomic E-state index is -0.500. The van der Waals surface area contributed by atoms with E-state index in [1.165, 1.54) is 13.0 Å². The molecule has 202 valence electrons. The number of ether oxygens (including phenoxy) is 1. The van der Waals surface area contributed by atoms with E-state index in [2.05, 4.69) is 16.7 Å². The van der Waals surface area contributed by atoms with Crippen LogP contribution in [0.1, 0.15) is 34.1 Å². The number of nitriles is 1. The summed E-state index contributed by atoms with van der Waals surface area (Å²) in [6.07, 6.45) is 0. The molecule has 1 heterocycles. The van der Waals surface area contributed by atoms with E-state index in [0.717, 1.165) is 16.7 Å². The third kappa shape index (κ3) is 6.49. The summed E-state index contributed by atoms with van der Waals surface area (Å²) in [5.41, 5.74) is 4.39. The van der Waals surface area contributed by atoms with E-state index in [9.17, 15) is 14.9 Å². The number of carbonyl (C=O) groups excluding carboxylic acids is 2. The van der Waals surface area contributed by atoms with Gasteiger partial charge in [-0.05, 0) is 29.3 Å². The Hall–Kier alpha value is -5.68. The first-order chi connectivity index (χ1) is 20.0. The summed E-state index contributed by atoms with van der Waals surface area (Å²) in [6, 6.07) is 35.7. The molecule has 0 bridgehead atoms. The van der Waals surface area contributed by atoms with Gasteiger partial charge in [-0.15, -0.1) is 0 Å². The molecule has 0 radical (unpaired) electrons. The lowest BCUT2D eigenvalue weighted by atomic mass is 10.1. The highest BCUT2D eigenvalue weighted by molar-refractivity contribution is 6.08. The van der Waals surface area contributed by atoms with E-state index in [1.54, 1.807) is 16.8 Å². The van der Waals surface area contributed by atoms with Crippen molar-refractivity contribution in [3.05, 3.63) is 132 Å². The topological polar surface area (TPSA) is 109 Å². The number of benzene rings is 4. The van der Waals surface area contributed by atoms with Gasteiger partial charge >= 0.3 is 0 Å². The molecule has 1 aromatic heterocycles. The molecule has 2 amide bonds. The molecule has 0 atom stereocenters. The molecule has 8 heteroatoms. The number of amides is 2. The van der Waals surface area contributed by atoms with Crippen molar-refractivity contribution in [1.82, 2.24) is 9.78 Å². The van der Waals surface area contributed by atoms with E-state index < -0.39 is 5.91 Å². The largest absolute Gasteiger partial charge is 0.484 e. The van der Waals surface area contributed by atoms with Crippen LogP contribution in [0.2, 0.25) is 0 Å². The molecule has 0 aliphatic rings. The van der Waals surface area contributed by atoms with Gasteiger partial charge < -0.3 is 15.4 Å². The molecule has 0 saturated carbocycles. The molecule has 41 heavy (non-hydrogen) atoms. The third-order valence-electron chi connectivity index (χ3n) is 6.28. The van der Waals surface area contributed by atoms with Crippen molar-refractivity contribution >= 4 is 23.2 Å². The van der Waals surface area contributed by atoms with Gasteiger partial charge in [-0.3, -0.25) is 14.3 Å². The van der Waals surface area contributed by atoms with Crippen LogP contribution in [-0.4, -0.2) is 21.6 Å². The number of carbonyl (C=O) groups is 2. The zero-order valence-corrected chi connectivity index (χ0v) is 22.4. The number of nitrogens with zero attached hydrogens (tertiary/aromatic N) is 3. The lowest BCUT2D eigenvalue weighted by Gasteiger charge is -2.14. The van der Waals surface area contributed by atoms with Crippen LogP contribution in [0.25, 0.3) is 11.3 Å². The highest BCUT2D eigenvalue weighted by atomic mass is 16.5. The summed E-state index contributed by atoms with van der Waals surface area (Å²) in [6.45, 7) is 1.91. The fourth-order valence-electron chi connectivity index (χ4n) is 4.39. The molecule has 0 spiro atoms. The van der Waals surface area contributed by atoms with Crippen LogP contribution in [0.5, 0.6) is 5.75 Å². The minimum Gasteiger partial charge on any atom is -0.484 e. The lowest BCUT2D eigenvalue weighted by molar-refractivity contribution is -0.114. The maximum Gasteiger partial charge on any atom is 0.277 e. The van der Waals surface area contributed by atoms with Crippen LogP contribution in [0.3, 0.4) is 0 Å². The Kier molecular flexibility index (Phi) is 8.17. The minimum absolute atomic E-state index is 0.208. The second-order valence-corrected chi connectivity index (χ2v) is 9.32. The molecule has 0 fully saturated rings. The molecule has 5 aromatic rings. The van der Waals surface area contributed by atoms with Crippen molar-refractivity contribution in [2.75, 3.05) is 10.6 Å². The number of anilines is 2. The van der Waals surface area contributed by atoms with Gasteiger partial charge in [0.15, 0.2) is 11.4 Å². The average molecular weight is 542 g/mol. The Bertz CT molecular complexity index is 1710. The van der Waals surface area contributed by atoms with E-state index in [-0.39, 0.29) is 23.9 Å². The second-order valence-electron chi connectivity index (χ2n) is 9.32. The first-order valence-electron chi connectivity index (χ1n) is 13.0. The predicted molar refractivity (Wildman–Crippen MR) is 157 cm³/mol. The molecular formula is C33H27N5O3. The zero-order chi connectivity index (χ0) is 28.6. The molecule has 5 rings (SSSR count). The first-order valence-corrected chi connectivity index (χ1v) is 13.0. The van der Waals surface area contributed by atoms with E-state index in [0.29, 0.717) is 29.2 Å². The highest BCUT2D eigenvalue weighted by Gasteiger charge is 2.27. The summed E-state index contributed by atoms with van der Waals surface area (Å²) < 4.78 is 7.98. The van der Waals surface area contributed by atoms with Gasteiger partial charge in [-0.2, -0.15) is 10.4 Å². The summed E-state index contributed by atoms with van der Waals surface area (Å²) in [7, 11) is 0. The standard InChI is InChI=1S/C33H27N5O3/c1-23(39)35-28-18-17-26(20-34)19-29(28)36-33(40)31-32(41-22-25-13-7-3-8-14-25)30(27-15-9-4-10-16-27)37-38(31)21-24-11-5-2-6-12-24/h2-19H,21-22H2,1H3,(H,35,39)(H,36,40). The molecular weight excluding hydrogens is 514 g/mol. The number of hydrogen-bond donors (Lipinski definition) is 2. The normalized spacial score (nSPS) is 10.4. The van der Waals surface area contributed by atoms with Crippen molar-refractivity contribution in [2.24, 2.45) is 0 Å². The van der Waals surface area contributed by atoms with Gasteiger partial charge in [0.1, 0.15) is 12.3 Å². The van der Waals surface area contributed by atoms with Crippen molar-refractivity contribution in [1.29, 1.82) is 5.26 Å². The average Bonchev–Trinajstić information content (AvgIpc) is 3.36. The van der Waals surface area contributed by atoms with Gasteiger partial charge in [0.25, 0.3) is 5.91 Å². The second kappa shape index (κ2) is 12.5. The van der Waals surface area contributed by atoms with Crippen molar-refractivity contribution < 1.29 is 14.3 Å². The Morgan fingerprint density at radius 1 is 0.829 bits per heavy atom. The van der Waals surface area contributed by atoms with Crippen molar-refractivity contribution in [3.8, 4) is 23.1 Å². The molecule has 4 aromatic carbocycles. The predicted octanol–water partition coefficient (Wildman–Crippen LogP) is 6.26. The fourth-order valence-corrected chi connectivity index (χ4v) is 4.39. The van der Waals surface area contributed by atoms with Crippen LogP contribution in [0.4, 0.5) is 11.4 Å². The van der Waals surface area contributed by atoms with E-state index >= 15 is 0 Å². The first kappa shape index (κ1) is 26.9. The fraction of sp³-hybridized carbons (Fsp3) is 0.0909. The SMILES string of the molecule is CC(=O)Nc1ccc(C#N)cc1NC(=O)c1c(OCc2ccccc2)c(-c2ccccc2)nn1Cc1ccccc1. The molecule has 0 saturated heterocycles. The number of nitrogens with one attached hydrogen (secondary N) is 2. The van der Waals surface area contributed by atoms with Crippen LogP contribution in [0.15, 0.2) is 109 Å². The molecule has 0 aliphatic heterocycles. The number of hydrogen-bond acceptors (Lipinski definition) is 5. The van der Waals surface area contributed by atoms with Crippen molar-refractivity contribution in [3.63, 3.8) is 0 Å². The summed E-state index contributed by atoms with van der Waals surface area (Å²) in [4.78, 5) is 25.9. The highest BCUT2D eigenvalue weighted by Crippen LogP contribution is 2.35. The van der Waals surface area contributed by atoms with E-state index in [1.807, 2.05) is 91.0 Å². The Balaban J connectivity index is 1.63. The molecule has 0 aliphatic carbocycles. The van der Waals surface area contributed by atoms with Crippen LogP contribution < -0.4 is 15.4 Å². The third-order valence-corrected chi connectivity index (χ3v) is 6.28. The molecule has 0 unspecified atom stereocenters. The molecule has 2 N–H and O–H groups in total. The van der Waals surface area contributed by atoms with Gasteiger partial charge in [0.05, 0.1) is 29.6 Å². The Labute approximate surface area is 237 Å². The summed E-state index contributed by atoms with van der Waals surface area (Å²) in [5.74, 6) is -0.482. The zero-order valence-electron chi connectivity index (χ0n) is 22.4. The van der Waals surface area contributed by atoms with Crippen LogP contribution >= 0.6 is 0 Å². The van der Waals surface area contributed by atoms with Gasteiger partial charge in [0.2, 0.25) is 5.91 Å². The smallest absolute Gasteiger partial charge is 0.277 e. The molecule has 8 nitrogen and oxygen atoms in total. The number of aromatic nitrogens is 2. The van der Waals surface area contributed by atoms with Crippen molar-refractivity contribution in [2.45, 2.75) is 20.1 Å². The Morgan fingerprint density at radius 3 is 2.10 bits per heavy atom. The maximum atomic E-state index is 14.1. The summed E-state index contributed by atoms with van der Waals surface area (Å²) >= 11 is 0. The number of rotatable bonds is 9. The van der Waals surface area contributed by atoms with Gasteiger partial charge in [-0.25, -0.2) is 0 Å². The monoisotopic (exact) mass is 541 g/mol. The lowest BCUT2D eigenvalue weighted by Crippen LogP contribution is -2.20. The maximum absolute atomic E-state index is 14.1. The van der Waals surface area contributed by atoms with Gasteiger partial charge in [0, 0.05) is 12.5 Å². The van der Waals surface area contributed by atoms with Crippen LogP contribution in [0, 0.1) is 11.3 Å². The van der Waals surface area contributed by atoms with E-state index in [4.69, 9.17) is 9.84 Å².